The molecule has 1 saturated heterocycles. The first kappa shape index (κ1) is 19.9. The van der Waals surface area contributed by atoms with Gasteiger partial charge in [0, 0.05) is 0 Å². The third kappa shape index (κ3) is 3.26. The van der Waals surface area contributed by atoms with Crippen LogP contribution in [-0.2, 0) is 9.59 Å². The van der Waals surface area contributed by atoms with Gasteiger partial charge in [0.05, 0.1) is 23.9 Å². The second kappa shape index (κ2) is 7.69. The van der Waals surface area contributed by atoms with Crippen molar-refractivity contribution in [1.82, 2.24) is 14.8 Å². The Morgan fingerprint density at radius 1 is 0.879 bits per heavy atom. The minimum atomic E-state index is -0.304. The molecule has 6 rings (SSSR count). The van der Waals surface area contributed by atoms with Crippen LogP contribution in [0.5, 0.6) is 0 Å². The van der Waals surface area contributed by atoms with Crippen molar-refractivity contribution in [2.24, 2.45) is 11.8 Å². The number of rotatable bonds is 3. The number of aryl methyl sites for hydroxylation is 1. The van der Waals surface area contributed by atoms with Crippen LogP contribution in [0.2, 0.25) is 0 Å². The highest BCUT2D eigenvalue weighted by atomic mass is 16.2. The summed E-state index contributed by atoms with van der Waals surface area (Å²) in [6, 6.07) is 18.6. The summed E-state index contributed by atoms with van der Waals surface area (Å²) >= 11 is 0. The Balaban J connectivity index is 1.40. The van der Waals surface area contributed by atoms with E-state index >= 15 is 0 Å². The van der Waals surface area contributed by atoms with Crippen LogP contribution >= 0.6 is 0 Å². The quantitative estimate of drug-likeness (QED) is 0.489. The van der Waals surface area contributed by atoms with Crippen LogP contribution in [-0.4, -0.2) is 26.6 Å². The number of carbonyl (C=O) groups is 2. The maximum Gasteiger partial charge on any atom is 0.260 e. The molecule has 3 heterocycles. The van der Waals surface area contributed by atoms with E-state index in [0.717, 1.165) is 12.0 Å². The average Bonchev–Trinajstić information content (AvgIpc) is 3.38. The summed E-state index contributed by atoms with van der Waals surface area (Å²) in [6.45, 7) is 2.07. The summed E-state index contributed by atoms with van der Waals surface area (Å²) in [7, 11) is 0. The Bertz CT molecular complexity index is 1220. The van der Waals surface area contributed by atoms with Gasteiger partial charge in [-0.25, -0.2) is 9.58 Å². The molecule has 2 aromatic carbocycles. The van der Waals surface area contributed by atoms with Gasteiger partial charge in [-0.1, -0.05) is 72.3 Å². The van der Waals surface area contributed by atoms with Crippen LogP contribution in [0.15, 0.2) is 66.7 Å². The molecule has 0 bridgehead atoms. The lowest BCUT2D eigenvalue weighted by molar-refractivity contribution is -0.122. The topological polar surface area (TPSA) is 80.1 Å². The number of aromatic nitrogens is 3. The van der Waals surface area contributed by atoms with E-state index in [-0.39, 0.29) is 41.7 Å². The summed E-state index contributed by atoms with van der Waals surface area (Å²) in [5.41, 5.74) is 3.50. The van der Waals surface area contributed by atoms with Crippen LogP contribution in [0.4, 0.5) is 11.9 Å². The minimum absolute atomic E-state index is 0.0390. The zero-order valence-electron chi connectivity index (χ0n) is 18.4. The molecule has 7 nitrogen and oxygen atoms in total. The lowest BCUT2D eigenvalue weighted by Crippen LogP contribution is -2.32. The first-order valence-electron chi connectivity index (χ1n) is 11.5. The highest BCUT2D eigenvalue weighted by Crippen LogP contribution is 2.41. The van der Waals surface area contributed by atoms with E-state index in [1.54, 1.807) is 0 Å². The van der Waals surface area contributed by atoms with Crippen molar-refractivity contribution in [1.29, 1.82) is 0 Å². The molecule has 166 valence electrons. The van der Waals surface area contributed by atoms with Gasteiger partial charge in [-0.15, -0.1) is 5.10 Å². The van der Waals surface area contributed by atoms with Gasteiger partial charge in [0.1, 0.15) is 0 Å². The van der Waals surface area contributed by atoms with E-state index in [0.29, 0.717) is 18.8 Å². The molecule has 2 amide bonds. The van der Waals surface area contributed by atoms with Crippen molar-refractivity contribution in [3.8, 4) is 0 Å². The van der Waals surface area contributed by atoms with Gasteiger partial charge in [-0.3, -0.25) is 9.59 Å². The lowest BCUT2D eigenvalue weighted by Gasteiger charge is -2.31. The van der Waals surface area contributed by atoms with Gasteiger partial charge in [0.2, 0.25) is 17.8 Å². The van der Waals surface area contributed by atoms with E-state index in [9.17, 15) is 9.59 Å². The van der Waals surface area contributed by atoms with Crippen molar-refractivity contribution in [2.45, 2.75) is 38.3 Å². The molecular formula is C26H25N5O2. The molecule has 2 aliphatic heterocycles. The number of imide groups is 1. The molecule has 0 unspecified atom stereocenters. The Labute approximate surface area is 192 Å². The summed E-state index contributed by atoms with van der Waals surface area (Å²) in [6.07, 6.45) is 5.95. The third-order valence-electron chi connectivity index (χ3n) is 7.05. The van der Waals surface area contributed by atoms with Crippen LogP contribution in [0.25, 0.3) is 0 Å². The van der Waals surface area contributed by atoms with Crippen molar-refractivity contribution < 1.29 is 9.59 Å². The number of carbonyl (C=O) groups excluding carboxylic acids is 2. The third-order valence-corrected chi connectivity index (χ3v) is 7.05. The van der Waals surface area contributed by atoms with Gasteiger partial charge in [0.25, 0.3) is 5.95 Å². The van der Waals surface area contributed by atoms with E-state index < -0.39 is 0 Å². The molecule has 7 heteroatoms. The number of allylic oxidation sites excluding steroid dienone is 2. The van der Waals surface area contributed by atoms with Gasteiger partial charge in [0.15, 0.2) is 0 Å². The van der Waals surface area contributed by atoms with Gasteiger partial charge in [-0.05, 0) is 37.3 Å². The monoisotopic (exact) mass is 439 g/mol. The molecule has 1 N–H and O–H groups in total. The maximum atomic E-state index is 13.1. The lowest BCUT2D eigenvalue weighted by atomic mass is 9.85. The number of hydrogen-bond donors (Lipinski definition) is 1. The molecule has 33 heavy (non-hydrogen) atoms. The van der Waals surface area contributed by atoms with E-state index in [1.807, 2.05) is 35.0 Å². The van der Waals surface area contributed by atoms with E-state index in [4.69, 9.17) is 5.10 Å². The van der Waals surface area contributed by atoms with E-state index in [2.05, 4.69) is 53.6 Å². The first-order valence-corrected chi connectivity index (χ1v) is 11.5. The normalized spacial score (nSPS) is 26.2. The first-order chi connectivity index (χ1) is 16.1. The summed E-state index contributed by atoms with van der Waals surface area (Å²) in [5.74, 6) is -0.244. The predicted molar refractivity (Wildman–Crippen MR) is 125 cm³/mol. The summed E-state index contributed by atoms with van der Waals surface area (Å²) in [4.78, 5) is 32.1. The molecule has 0 radical (unpaired) electrons. The summed E-state index contributed by atoms with van der Waals surface area (Å²) in [5, 5.41) is 8.19. The smallest absolute Gasteiger partial charge is 0.260 e. The fourth-order valence-corrected chi connectivity index (χ4v) is 5.23. The fraction of sp³-hybridized carbons (Fsp3) is 0.308. The van der Waals surface area contributed by atoms with Crippen LogP contribution in [0.3, 0.4) is 0 Å². The molecule has 3 aliphatic rings. The van der Waals surface area contributed by atoms with Crippen molar-refractivity contribution >= 4 is 23.7 Å². The van der Waals surface area contributed by atoms with Crippen LogP contribution in [0, 0.1) is 18.8 Å². The van der Waals surface area contributed by atoms with Crippen molar-refractivity contribution in [3.63, 3.8) is 0 Å². The number of benzene rings is 2. The Morgan fingerprint density at radius 2 is 1.55 bits per heavy atom. The van der Waals surface area contributed by atoms with Crippen LogP contribution < -0.4 is 10.2 Å². The van der Waals surface area contributed by atoms with Crippen molar-refractivity contribution in [3.05, 3.63) is 83.4 Å². The highest BCUT2D eigenvalue weighted by Gasteiger charge is 2.49. The Kier molecular flexibility index (Phi) is 4.64. The van der Waals surface area contributed by atoms with Crippen molar-refractivity contribution in [2.75, 3.05) is 10.2 Å². The predicted octanol–water partition coefficient (Wildman–Crippen LogP) is 4.19. The second-order valence-corrected chi connectivity index (χ2v) is 9.12. The van der Waals surface area contributed by atoms with Gasteiger partial charge < -0.3 is 5.32 Å². The molecule has 3 aromatic rings. The van der Waals surface area contributed by atoms with Crippen LogP contribution in [0.1, 0.15) is 48.0 Å². The molecule has 1 fully saturated rings. The Morgan fingerprint density at radius 3 is 2.21 bits per heavy atom. The number of nitrogens with one attached hydrogen (secondary N) is 1. The highest BCUT2D eigenvalue weighted by molar-refractivity contribution is 6.21. The number of amides is 2. The molecule has 1 aliphatic carbocycles. The number of anilines is 2. The van der Waals surface area contributed by atoms with Gasteiger partial charge >= 0.3 is 0 Å². The molecule has 1 aromatic heterocycles. The largest absolute Gasteiger partial charge is 0.347 e. The Hall–Kier alpha value is -3.74. The molecule has 4 atom stereocenters. The maximum absolute atomic E-state index is 13.1. The second-order valence-electron chi connectivity index (χ2n) is 9.12. The SMILES string of the molecule is Cc1ccc([C@H]2C[C@@H](c3ccccc3)n3nc(N4C(=O)[C@H]5CC=CC[C@H]5C4=O)nc3N2)cc1. The molecule has 0 saturated carbocycles. The summed E-state index contributed by atoms with van der Waals surface area (Å²) < 4.78 is 1.83. The minimum Gasteiger partial charge on any atom is -0.347 e. The van der Waals surface area contributed by atoms with Gasteiger partial charge in [-0.2, -0.15) is 4.98 Å². The number of nitrogens with zero attached hydrogens (tertiary/aromatic N) is 4. The standard InChI is InChI=1S/C26H25N5O2/c1-16-11-13-17(14-12-16)21-15-22(18-7-3-2-4-8-18)31-25(27-21)28-26(29-31)30-23(32)19-9-5-6-10-20(19)24(30)33/h2-8,11-14,19-22H,9-10,15H2,1H3,(H,27,28,29)/t19-,20+,21-,22+/m1/s1. The fourth-order valence-electron chi connectivity index (χ4n) is 5.23. The zero-order valence-corrected chi connectivity index (χ0v) is 18.4. The number of fused-ring (bicyclic) bond motifs is 2. The van der Waals surface area contributed by atoms with E-state index in [1.165, 1.54) is 16.0 Å². The average molecular weight is 440 g/mol. The number of hydrogen-bond acceptors (Lipinski definition) is 5. The zero-order chi connectivity index (χ0) is 22.5. The molecule has 0 spiro atoms. The molecular weight excluding hydrogens is 414 g/mol.